The largest absolute Gasteiger partial charge is 0.326 e. The molecule has 1 atom stereocenters. The number of para-hydroxylation sites is 1. The second-order valence-electron chi connectivity index (χ2n) is 6.89. The zero-order chi connectivity index (χ0) is 19.3. The van der Waals surface area contributed by atoms with Crippen LogP contribution in [-0.2, 0) is 22.6 Å². The van der Waals surface area contributed by atoms with Gasteiger partial charge in [-0.05, 0) is 30.0 Å². The Balaban J connectivity index is 1.40. The molecule has 1 aromatic heterocycles. The Kier molecular flexibility index (Phi) is 5.48. The van der Waals surface area contributed by atoms with E-state index in [2.05, 4.69) is 22.4 Å². The van der Waals surface area contributed by atoms with Crippen molar-refractivity contribution in [1.29, 1.82) is 0 Å². The highest BCUT2D eigenvalue weighted by molar-refractivity contribution is 7.07. The van der Waals surface area contributed by atoms with Gasteiger partial charge < -0.3 is 9.88 Å². The van der Waals surface area contributed by atoms with Crippen molar-refractivity contribution in [3.8, 4) is 0 Å². The van der Waals surface area contributed by atoms with Crippen molar-refractivity contribution in [3.63, 3.8) is 0 Å². The van der Waals surface area contributed by atoms with Gasteiger partial charge in [0.25, 0.3) is 0 Å². The lowest BCUT2D eigenvalue weighted by Crippen LogP contribution is -2.30. The number of fused-ring (bicyclic) bond motifs is 1. The molecular formula is C22H21N3O2S. The topological polar surface area (TPSA) is 63.5 Å². The number of amides is 2. The molecule has 0 fully saturated rings. The predicted octanol–water partition coefficient (Wildman–Crippen LogP) is 3.62. The molecule has 28 heavy (non-hydrogen) atoms. The van der Waals surface area contributed by atoms with E-state index < -0.39 is 0 Å². The van der Waals surface area contributed by atoms with Crippen molar-refractivity contribution < 1.29 is 9.59 Å². The van der Waals surface area contributed by atoms with Crippen LogP contribution >= 0.6 is 11.3 Å². The van der Waals surface area contributed by atoms with Gasteiger partial charge in [-0.25, -0.2) is 0 Å². The number of carbonyl (C=O) groups is 2. The average Bonchev–Trinajstić information content (AvgIpc) is 3.13. The highest BCUT2D eigenvalue weighted by Crippen LogP contribution is 2.27. The van der Waals surface area contributed by atoms with E-state index in [1.54, 1.807) is 0 Å². The van der Waals surface area contributed by atoms with Crippen LogP contribution in [-0.4, -0.2) is 16.4 Å². The van der Waals surface area contributed by atoms with Gasteiger partial charge in [-0.1, -0.05) is 48.5 Å². The van der Waals surface area contributed by atoms with Gasteiger partial charge in [-0.15, -0.1) is 11.3 Å². The summed E-state index contributed by atoms with van der Waals surface area (Å²) in [6, 6.07) is 17.9. The number of hydrogen-bond acceptors (Lipinski definition) is 3. The number of thiazole rings is 1. The van der Waals surface area contributed by atoms with Crippen LogP contribution in [0.1, 0.15) is 24.0 Å². The molecule has 2 heterocycles. The quantitative estimate of drug-likeness (QED) is 0.722. The van der Waals surface area contributed by atoms with E-state index >= 15 is 0 Å². The minimum Gasteiger partial charge on any atom is -0.326 e. The molecule has 5 nitrogen and oxygen atoms in total. The van der Waals surface area contributed by atoms with Crippen molar-refractivity contribution in [2.24, 2.45) is 10.9 Å². The first-order valence-corrected chi connectivity index (χ1v) is 10.2. The molecule has 3 aromatic rings. The molecule has 2 amide bonds. The second kappa shape index (κ2) is 8.35. The first-order valence-electron chi connectivity index (χ1n) is 9.33. The molecule has 0 aliphatic carbocycles. The highest BCUT2D eigenvalue weighted by atomic mass is 32.1. The minimum atomic E-state index is -0.186. The molecule has 0 radical (unpaired) electrons. The molecular weight excluding hydrogens is 370 g/mol. The van der Waals surface area contributed by atoms with Crippen LogP contribution in [0.15, 0.2) is 71.2 Å². The lowest BCUT2D eigenvalue weighted by atomic mass is 9.90. The summed E-state index contributed by atoms with van der Waals surface area (Å²) in [6.45, 7) is 0.679. The number of nitrogens with zero attached hydrogens (tertiary/aromatic N) is 2. The van der Waals surface area contributed by atoms with E-state index in [4.69, 9.17) is 0 Å². The summed E-state index contributed by atoms with van der Waals surface area (Å²) in [7, 11) is 0. The molecule has 0 bridgehead atoms. The third-order valence-corrected chi connectivity index (χ3v) is 5.69. The number of benzene rings is 2. The number of anilines is 1. The number of nitrogens with one attached hydrogen (secondary N) is 1. The maximum Gasteiger partial charge on any atom is 0.248 e. The molecule has 4 rings (SSSR count). The maximum absolute atomic E-state index is 12.4. The smallest absolute Gasteiger partial charge is 0.248 e. The minimum absolute atomic E-state index is 0.0123. The van der Waals surface area contributed by atoms with Crippen LogP contribution in [0.2, 0.25) is 0 Å². The molecule has 0 spiro atoms. The Morgan fingerprint density at radius 1 is 1.14 bits per heavy atom. The molecule has 0 saturated carbocycles. The summed E-state index contributed by atoms with van der Waals surface area (Å²) in [5, 5.41) is 4.86. The predicted molar refractivity (Wildman–Crippen MR) is 110 cm³/mol. The van der Waals surface area contributed by atoms with Gasteiger partial charge in [-0.2, -0.15) is 4.99 Å². The molecule has 1 N–H and O–H groups in total. The molecule has 0 saturated heterocycles. The number of rotatable bonds is 5. The van der Waals surface area contributed by atoms with Gasteiger partial charge in [0.15, 0.2) is 4.80 Å². The number of carbonyl (C=O) groups excluding carboxylic acids is 2. The van der Waals surface area contributed by atoms with Crippen molar-refractivity contribution >= 4 is 28.8 Å². The van der Waals surface area contributed by atoms with E-state index in [-0.39, 0.29) is 24.2 Å². The summed E-state index contributed by atoms with van der Waals surface area (Å²) in [5.74, 6) is -0.383. The van der Waals surface area contributed by atoms with Crippen LogP contribution in [0.4, 0.5) is 5.69 Å². The van der Waals surface area contributed by atoms with Crippen LogP contribution in [0, 0.1) is 5.92 Å². The van der Waals surface area contributed by atoms with Crippen molar-refractivity contribution in [2.75, 3.05) is 5.32 Å². The Hall–Kier alpha value is -2.99. The lowest BCUT2D eigenvalue weighted by molar-refractivity contribution is -0.121. The van der Waals surface area contributed by atoms with E-state index in [1.165, 1.54) is 11.3 Å². The summed E-state index contributed by atoms with van der Waals surface area (Å²) < 4.78 is 1.97. The van der Waals surface area contributed by atoms with Crippen molar-refractivity contribution in [3.05, 3.63) is 82.1 Å². The summed E-state index contributed by atoms with van der Waals surface area (Å²) in [6.07, 6.45) is 3.38. The molecule has 6 heteroatoms. The fraction of sp³-hybridized carbons (Fsp3) is 0.227. The number of aromatic nitrogens is 1. The van der Waals surface area contributed by atoms with Gasteiger partial charge in [0.2, 0.25) is 11.8 Å². The molecule has 1 aliphatic rings. The monoisotopic (exact) mass is 391 g/mol. The van der Waals surface area contributed by atoms with E-state index in [9.17, 15) is 9.59 Å². The zero-order valence-corrected chi connectivity index (χ0v) is 16.2. The first kappa shape index (κ1) is 18.4. The fourth-order valence-electron chi connectivity index (χ4n) is 3.39. The van der Waals surface area contributed by atoms with E-state index in [1.807, 2.05) is 58.6 Å². The molecule has 2 aromatic carbocycles. The summed E-state index contributed by atoms with van der Waals surface area (Å²) >= 11 is 1.45. The third-order valence-electron chi connectivity index (χ3n) is 4.90. The van der Waals surface area contributed by atoms with E-state index in [0.717, 1.165) is 16.8 Å². The van der Waals surface area contributed by atoms with E-state index in [0.29, 0.717) is 24.2 Å². The molecule has 142 valence electrons. The normalized spacial score (nSPS) is 16.5. The first-order chi connectivity index (χ1) is 13.7. The van der Waals surface area contributed by atoms with Crippen LogP contribution in [0.25, 0.3) is 0 Å². The second-order valence-corrected chi connectivity index (χ2v) is 7.76. The molecule has 1 aliphatic heterocycles. The van der Waals surface area contributed by atoms with Gasteiger partial charge in [-0.3, -0.25) is 9.59 Å². The Labute approximate surface area is 167 Å². The average molecular weight is 391 g/mol. The SMILES string of the molecule is O=C(CCC1Cc2ccccc2NC1=O)N=c1sccn1Cc1ccccc1. The lowest BCUT2D eigenvalue weighted by Gasteiger charge is -2.24. The Morgan fingerprint density at radius 2 is 1.93 bits per heavy atom. The Bertz CT molecular complexity index is 1050. The summed E-state index contributed by atoms with van der Waals surface area (Å²) in [5.41, 5.74) is 3.16. The standard InChI is InChI=1S/C22H21N3O2S/c26-20(11-10-18-14-17-8-4-5-9-19(17)23-21(18)27)24-22-25(12-13-28-22)15-16-6-2-1-3-7-16/h1-9,12-13,18H,10-11,14-15H2,(H,23,27). The Morgan fingerprint density at radius 3 is 2.79 bits per heavy atom. The fourth-order valence-corrected chi connectivity index (χ4v) is 4.14. The van der Waals surface area contributed by atoms with Crippen molar-refractivity contribution in [2.45, 2.75) is 25.8 Å². The van der Waals surface area contributed by atoms with Gasteiger partial charge >= 0.3 is 0 Å². The zero-order valence-electron chi connectivity index (χ0n) is 15.4. The number of hydrogen-bond donors (Lipinski definition) is 1. The van der Waals surface area contributed by atoms with Crippen LogP contribution < -0.4 is 10.1 Å². The van der Waals surface area contributed by atoms with Crippen molar-refractivity contribution in [1.82, 2.24) is 4.57 Å². The summed E-state index contributed by atoms with van der Waals surface area (Å²) in [4.78, 5) is 29.7. The third kappa shape index (κ3) is 4.28. The van der Waals surface area contributed by atoms with Crippen LogP contribution in [0.5, 0.6) is 0 Å². The highest BCUT2D eigenvalue weighted by Gasteiger charge is 2.26. The van der Waals surface area contributed by atoms with Crippen LogP contribution in [0.3, 0.4) is 0 Å². The van der Waals surface area contributed by atoms with Gasteiger partial charge in [0.1, 0.15) is 0 Å². The van der Waals surface area contributed by atoms with Gasteiger partial charge in [0.05, 0.1) is 0 Å². The van der Waals surface area contributed by atoms with Gasteiger partial charge in [0, 0.05) is 36.1 Å². The maximum atomic E-state index is 12.4. The molecule has 1 unspecified atom stereocenters.